The third kappa shape index (κ3) is 8.68. The van der Waals surface area contributed by atoms with Gasteiger partial charge < -0.3 is 40.5 Å². The van der Waals surface area contributed by atoms with Gasteiger partial charge in [0.15, 0.2) is 17.2 Å². The van der Waals surface area contributed by atoms with Gasteiger partial charge in [-0.15, -0.1) is 0 Å². The summed E-state index contributed by atoms with van der Waals surface area (Å²) in [5.41, 5.74) is 14.9. The Morgan fingerprint density at radius 2 is 1.17 bits per heavy atom. The number of nitrogens with two attached hydrogens (primary N) is 2. The summed E-state index contributed by atoms with van der Waals surface area (Å²) in [6.45, 7) is 10.3. The number of benzene rings is 2. The van der Waals surface area contributed by atoms with Crippen molar-refractivity contribution < 1.29 is 28.8 Å². The fourth-order valence-electron chi connectivity index (χ4n) is 5.86. The van der Waals surface area contributed by atoms with Crippen molar-refractivity contribution >= 4 is 39.5 Å². The molecule has 48 heavy (non-hydrogen) atoms. The first-order chi connectivity index (χ1) is 23.4. The molecule has 0 atom stereocenters. The molecule has 0 fully saturated rings. The molecular formula is C38H56N4O6. The molecule has 0 radical (unpaired) electrons. The summed E-state index contributed by atoms with van der Waals surface area (Å²) in [4.78, 5) is 22.3. The number of Topliss-reactive ketones (excluding diaryl/α,β-unsaturated/α-hetero) is 1. The number of H-pyrrole nitrogens is 1. The lowest BCUT2D eigenvalue weighted by molar-refractivity contribution is 0.106. The van der Waals surface area contributed by atoms with E-state index in [4.69, 9.17) is 35.4 Å². The first-order valence-electron chi connectivity index (χ1n) is 18.2. The topological polar surface area (TPSA) is 154 Å². The van der Waals surface area contributed by atoms with Gasteiger partial charge in [-0.1, -0.05) is 91.9 Å². The highest BCUT2D eigenvalue weighted by atomic mass is 16.5. The molecule has 0 saturated carbocycles. The van der Waals surface area contributed by atoms with Gasteiger partial charge in [-0.2, -0.15) is 0 Å². The molecule has 264 valence electrons. The van der Waals surface area contributed by atoms with Crippen molar-refractivity contribution in [2.24, 2.45) is 4.99 Å². The molecule has 0 bridgehead atoms. The van der Waals surface area contributed by atoms with E-state index >= 15 is 0 Å². The molecule has 0 spiro atoms. The van der Waals surface area contributed by atoms with E-state index in [0.717, 1.165) is 70.6 Å². The van der Waals surface area contributed by atoms with Crippen LogP contribution in [0.4, 0.5) is 17.1 Å². The van der Waals surface area contributed by atoms with Gasteiger partial charge in [0.25, 0.3) is 0 Å². The van der Waals surface area contributed by atoms with Gasteiger partial charge in [-0.25, -0.2) is 4.99 Å². The fraction of sp³-hybridized carbons (Fsp3) is 0.579. The number of nitrogens with one attached hydrogen (secondary N) is 1. The first-order valence-corrected chi connectivity index (χ1v) is 18.2. The molecule has 0 unspecified atom stereocenters. The van der Waals surface area contributed by atoms with Crippen LogP contribution in [0.1, 0.15) is 134 Å². The van der Waals surface area contributed by atoms with Crippen molar-refractivity contribution in [3.05, 3.63) is 23.4 Å². The Kier molecular flexibility index (Phi) is 14.1. The van der Waals surface area contributed by atoms with Crippen molar-refractivity contribution in [2.75, 3.05) is 37.9 Å². The van der Waals surface area contributed by atoms with E-state index < -0.39 is 5.78 Å². The molecular weight excluding hydrogens is 608 g/mol. The lowest BCUT2D eigenvalue weighted by atomic mass is 10.0. The van der Waals surface area contributed by atoms with Crippen LogP contribution in [-0.4, -0.2) is 48.0 Å². The number of carbonyl (C=O) groups excluding carboxylic acids is 1. The molecule has 3 aromatic rings. The number of nitrogen functional groups attached to an aromatic ring is 2. The van der Waals surface area contributed by atoms with E-state index in [1.807, 2.05) is 0 Å². The van der Waals surface area contributed by atoms with E-state index in [2.05, 4.69) is 32.7 Å². The van der Waals surface area contributed by atoms with E-state index in [0.29, 0.717) is 71.6 Å². The van der Waals surface area contributed by atoms with Gasteiger partial charge in [-0.05, 0) is 25.7 Å². The van der Waals surface area contributed by atoms with Gasteiger partial charge in [0.05, 0.1) is 54.3 Å². The van der Waals surface area contributed by atoms with E-state index in [1.54, 1.807) is 12.1 Å². The predicted octanol–water partition coefficient (Wildman–Crippen LogP) is 9.41. The van der Waals surface area contributed by atoms with Crippen LogP contribution >= 0.6 is 0 Å². The first kappa shape index (κ1) is 36.8. The van der Waals surface area contributed by atoms with Crippen molar-refractivity contribution in [3.8, 4) is 28.7 Å². The number of hydrogen-bond donors (Lipinski definition) is 4. The molecule has 0 saturated heterocycles. The van der Waals surface area contributed by atoms with Crippen LogP contribution in [0.15, 0.2) is 17.1 Å². The Morgan fingerprint density at radius 3 is 1.77 bits per heavy atom. The average molecular weight is 665 g/mol. The summed E-state index contributed by atoms with van der Waals surface area (Å²) in [6.07, 6.45) is 14.4. The van der Waals surface area contributed by atoms with Crippen molar-refractivity contribution in [3.63, 3.8) is 0 Å². The normalized spacial score (nSPS) is 12.4. The minimum atomic E-state index is -0.418. The second-order valence-electron chi connectivity index (χ2n) is 12.6. The zero-order valence-corrected chi connectivity index (χ0v) is 29.5. The third-order valence-corrected chi connectivity index (χ3v) is 8.64. The molecule has 2 aromatic carbocycles. The second kappa shape index (κ2) is 18.5. The van der Waals surface area contributed by atoms with Crippen LogP contribution in [0.25, 0.3) is 10.9 Å². The maximum atomic E-state index is 14.2. The lowest BCUT2D eigenvalue weighted by Gasteiger charge is -2.15. The molecule has 10 nitrogen and oxygen atoms in total. The Morgan fingerprint density at radius 1 is 0.667 bits per heavy atom. The summed E-state index contributed by atoms with van der Waals surface area (Å²) in [5, 5.41) is 12.1. The molecule has 4 rings (SSSR count). The number of aromatic hydroxyl groups is 1. The quantitative estimate of drug-likeness (QED) is 0.0577. The molecule has 2 heterocycles. The summed E-state index contributed by atoms with van der Waals surface area (Å²) < 4.78 is 24.6. The number of carbonyl (C=O) groups is 1. The Balaban J connectivity index is 1.75. The molecule has 0 amide bonds. The Hall–Kier alpha value is -4.08. The van der Waals surface area contributed by atoms with Crippen LogP contribution in [-0.2, 0) is 0 Å². The number of fused-ring (bicyclic) bond motifs is 2. The van der Waals surface area contributed by atoms with Gasteiger partial charge in [0, 0.05) is 12.1 Å². The van der Waals surface area contributed by atoms with Crippen molar-refractivity contribution in [1.29, 1.82) is 0 Å². The standard InChI is InChI=1S/C38H56N4O6/c1-5-9-13-15-17-21-45-27-23-25(39)37(47-19-11-7-3)29-31(27)41-33(35(29)43)34-36(44)30-32(42-34)28(46-22-18-16-14-10-6-2)24-26(40)38(30)48-20-12-8-4/h23-24,41,43H,5-22,39-40H2,1-4H3. The Bertz CT molecular complexity index is 1550. The van der Waals surface area contributed by atoms with E-state index in [-0.39, 0.29) is 28.5 Å². The van der Waals surface area contributed by atoms with E-state index in [9.17, 15) is 9.90 Å². The minimum absolute atomic E-state index is 0.0287. The van der Waals surface area contributed by atoms with E-state index in [1.165, 1.54) is 19.3 Å². The molecule has 0 aliphatic carbocycles. The summed E-state index contributed by atoms with van der Waals surface area (Å²) in [7, 11) is 0. The van der Waals surface area contributed by atoms with Gasteiger partial charge in [-0.3, -0.25) is 4.79 Å². The third-order valence-electron chi connectivity index (χ3n) is 8.64. The number of aromatic amines is 1. The monoisotopic (exact) mass is 664 g/mol. The summed E-state index contributed by atoms with van der Waals surface area (Å²) in [6, 6.07) is 3.40. The number of rotatable bonds is 23. The van der Waals surface area contributed by atoms with Crippen molar-refractivity contribution in [1.82, 2.24) is 4.98 Å². The van der Waals surface area contributed by atoms with Crippen molar-refractivity contribution in [2.45, 2.75) is 118 Å². The van der Waals surface area contributed by atoms with Crippen LogP contribution in [0.3, 0.4) is 0 Å². The largest absolute Gasteiger partial charge is 0.505 e. The molecule has 1 aromatic heterocycles. The number of ketones is 1. The molecule has 10 heteroatoms. The molecule has 1 aliphatic heterocycles. The number of anilines is 2. The molecule has 1 aliphatic rings. The van der Waals surface area contributed by atoms with Gasteiger partial charge in [0.1, 0.15) is 28.6 Å². The van der Waals surface area contributed by atoms with Crippen LogP contribution in [0, 0.1) is 0 Å². The van der Waals surface area contributed by atoms with Gasteiger partial charge in [0.2, 0.25) is 5.78 Å². The van der Waals surface area contributed by atoms with Gasteiger partial charge >= 0.3 is 0 Å². The summed E-state index contributed by atoms with van der Waals surface area (Å²) in [5.74, 6) is 0.922. The average Bonchev–Trinajstić information content (AvgIpc) is 3.59. The highest BCUT2D eigenvalue weighted by molar-refractivity contribution is 6.56. The molecule has 6 N–H and O–H groups in total. The zero-order chi connectivity index (χ0) is 34.5. The minimum Gasteiger partial charge on any atom is -0.505 e. The highest BCUT2D eigenvalue weighted by Crippen LogP contribution is 2.50. The fourth-order valence-corrected chi connectivity index (χ4v) is 5.86. The van der Waals surface area contributed by atoms with Crippen LogP contribution in [0.5, 0.6) is 28.7 Å². The zero-order valence-electron chi connectivity index (χ0n) is 29.5. The second-order valence-corrected chi connectivity index (χ2v) is 12.6. The number of unbranched alkanes of at least 4 members (excludes halogenated alkanes) is 10. The summed E-state index contributed by atoms with van der Waals surface area (Å²) >= 11 is 0. The van der Waals surface area contributed by atoms with Crippen LogP contribution in [0.2, 0.25) is 0 Å². The number of ether oxygens (including phenoxy) is 4. The number of hydrogen-bond acceptors (Lipinski definition) is 9. The number of nitrogens with zero attached hydrogens (tertiary/aromatic N) is 1. The maximum absolute atomic E-state index is 14.2. The number of aromatic nitrogens is 1. The highest BCUT2D eigenvalue weighted by Gasteiger charge is 2.37. The lowest BCUT2D eigenvalue weighted by Crippen LogP contribution is -2.14. The maximum Gasteiger partial charge on any atom is 0.219 e. The smallest absolute Gasteiger partial charge is 0.219 e. The van der Waals surface area contributed by atoms with Crippen LogP contribution < -0.4 is 30.4 Å². The predicted molar refractivity (Wildman–Crippen MR) is 195 cm³/mol. The number of aliphatic imine (C=N–C) groups is 1. The SMILES string of the molecule is CCCCCCCOc1cc(N)c(OCCCC)c2c1N=C(c1[nH]c3c(OCCCCCCC)cc(N)c(OCCCC)c3c1O)C2=O. The Labute approximate surface area is 285 Å².